The number of imidazole rings is 1. The van der Waals surface area contributed by atoms with E-state index < -0.39 is 0 Å². The van der Waals surface area contributed by atoms with Crippen molar-refractivity contribution in [3.63, 3.8) is 0 Å². The highest BCUT2D eigenvalue weighted by atomic mass is 16.5. The van der Waals surface area contributed by atoms with Crippen molar-refractivity contribution in [3.05, 3.63) is 30.4 Å². The topological polar surface area (TPSA) is 56.9 Å². The van der Waals surface area contributed by atoms with E-state index in [9.17, 15) is 0 Å². The molecule has 0 aliphatic rings. The van der Waals surface area contributed by atoms with Crippen LogP contribution in [0.1, 0.15) is 12.6 Å². The summed E-state index contributed by atoms with van der Waals surface area (Å²) in [4.78, 5) is 4.50. The standard InChI is InChI=1S/C13H21N5O/c1-11-9-17(7-8-19-3)13(15-11)16-12(2)10-18-6-4-5-14-18/h4-6,9,12H,7-8,10H2,1-3H3,(H,15,16). The Balaban J connectivity index is 1.97. The Kier molecular flexibility index (Phi) is 4.57. The number of ether oxygens (including phenoxy) is 1. The molecule has 2 rings (SSSR count). The molecule has 0 amide bonds. The van der Waals surface area contributed by atoms with E-state index >= 15 is 0 Å². The van der Waals surface area contributed by atoms with Crippen LogP contribution in [0.4, 0.5) is 5.95 Å². The Hall–Kier alpha value is -1.82. The molecule has 2 aromatic heterocycles. The average molecular weight is 263 g/mol. The van der Waals surface area contributed by atoms with Crippen molar-refractivity contribution in [2.75, 3.05) is 19.0 Å². The number of methoxy groups -OCH3 is 1. The SMILES string of the molecule is COCCn1cc(C)nc1NC(C)Cn1cccn1. The van der Waals surface area contributed by atoms with Crippen LogP contribution in [-0.4, -0.2) is 39.1 Å². The van der Waals surface area contributed by atoms with Crippen LogP contribution in [0.25, 0.3) is 0 Å². The predicted molar refractivity (Wildman–Crippen MR) is 74.2 cm³/mol. The van der Waals surface area contributed by atoms with E-state index in [2.05, 4.69) is 26.9 Å². The first-order valence-electron chi connectivity index (χ1n) is 6.45. The molecule has 0 saturated heterocycles. The lowest BCUT2D eigenvalue weighted by atomic mass is 10.3. The van der Waals surface area contributed by atoms with Crippen molar-refractivity contribution in [1.82, 2.24) is 19.3 Å². The molecule has 0 aliphatic heterocycles. The maximum absolute atomic E-state index is 5.11. The lowest BCUT2D eigenvalue weighted by Gasteiger charge is -2.16. The van der Waals surface area contributed by atoms with Gasteiger partial charge in [-0.3, -0.25) is 4.68 Å². The van der Waals surface area contributed by atoms with Gasteiger partial charge in [-0.1, -0.05) is 0 Å². The minimum absolute atomic E-state index is 0.253. The zero-order valence-electron chi connectivity index (χ0n) is 11.7. The second-order valence-electron chi connectivity index (χ2n) is 4.67. The number of aromatic nitrogens is 4. The number of hydrogen-bond donors (Lipinski definition) is 1. The summed E-state index contributed by atoms with van der Waals surface area (Å²) in [7, 11) is 1.71. The first kappa shape index (κ1) is 13.6. The maximum Gasteiger partial charge on any atom is 0.203 e. The largest absolute Gasteiger partial charge is 0.383 e. The van der Waals surface area contributed by atoms with E-state index in [1.54, 1.807) is 13.3 Å². The maximum atomic E-state index is 5.11. The summed E-state index contributed by atoms with van der Waals surface area (Å²) < 4.78 is 9.10. The lowest BCUT2D eigenvalue weighted by molar-refractivity contribution is 0.187. The minimum atomic E-state index is 0.253. The van der Waals surface area contributed by atoms with Crippen LogP contribution in [0.2, 0.25) is 0 Å². The van der Waals surface area contributed by atoms with E-state index in [0.717, 1.165) is 24.7 Å². The summed E-state index contributed by atoms with van der Waals surface area (Å²) in [6, 6.07) is 2.18. The van der Waals surface area contributed by atoms with Gasteiger partial charge in [0.15, 0.2) is 0 Å². The number of nitrogens with one attached hydrogen (secondary N) is 1. The third-order valence-electron chi connectivity index (χ3n) is 2.83. The van der Waals surface area contributed by atoms with Crippen LogP contribution < -0.4 is 5.32 Å². The van der Waals surface area contributed by atoms with Crippen molar-refractivity contribution in [1.29, 1.82) is 0 Å². The Morgan fingerprint density at radius 2 is 2.32 bits per heavy atom. The van der Waals surface area contributed by atoms with Gasteiger partial charge < -0.3 is 14.6 Å². The van der Waals surface area contributed by atoms with Crippen molar-refractivity contribution >= 4 is 5.95 Å². The van der Waals surface area contributed by atoms with Gasteiger partial charge in [0, 0.05) is 38.3 Å². The van der Waals surface area contributed by atoms with E-state index in [0.29, 0.717) is 6.61 Å². The smallest absolute Gasteiger partial charge is 0.203 e. The zero-order chi connectivity index (χ0) is 13.7. The molecular formula is C13H21N5O. The molecule has 0 radical (unpaired) electrons. The van der Waals surface area contributed by atoms with Crippen LogP contribution in [0.5, 0.6) is 0 Å². The molecule has 0 fully saturated rings. The number of hydrogen-bond acceptors (Lipinski definition) is 4. The molecule has 1 atom stereocenters. The number of anilines is 1. The molecule has 2 aromatic rings. The van der Waals surface area contributed by atoms with E-state index in [4.69, 9.17) is 4.74 Å². The number of rotatable bonds is 7. The Morgan fingerprint density at radius 3 is 3.00 bits per heavy atom. The summed E-state index contributed by atoms with van der Waals surface area (Å²) in [6.45, 7) is 6.40. The van der Waals surface area contributed by atoms with Crippen molar-refractivity contribution in [2.45, 2.75) is 33.0 Å². The van der Waals surface area contributed by atoms with Crippen molar-refractivity contribution in [3.8, 4) is 0 Å². The summed E-state index contributed by atoms with van der Waals surface area (Å²) in [5.41, 5.74) is 1.00. The number of nitrogens with zero attached hydrogens (tertiary/aromatic N) is 4. The van der Waals surface area contributed by atoms with Crippen LogP contribution in [0.3, 0.4) is 0 Å². The fraction of sp³-hybridized carbons (Fsp3) is 0.538. The summed E-state index contributed by atoms with van der Waals surface area (Å²) >= 11 is 0. The molecule has 1 unspecified atom stereocenters. The van der Waals surface area contributed by atoms with Gasteiger partial charge in [-0.2, -0.15) is 5.10 Å². The molecule has 0 saturated carbocycles. The molecule has 2 heterocycles. The predicted octanol–water partition coefficient (Wildman–Crippen LogP) is 1.54. The zero-order valence-corrected chi connectivity index (χ0v) is 11.7. The molecule has 6 heteroatoms. The molecular weight excluding hydrogens is 242 g/mol. The van der Waals surface area contributed by atoms with Gasteiger partial charge in [0.25, 0.3) is 0 Å². The molecule has 1 N–H and O–H groups in total. The monoisotopic (exact) mass is 263 g/mol. The van der Waals surface area contributed by atoms with Gasteiger partial charge in [-0.05, 0) is 19.9 Å². The van der Waals surface area contributed by atoms with Gasteiger partial charge in [-0.25, -0.2) is 4.98 Å². The van der Waals surface area contributed by atoms with Crippen LogP contribution >= 0.6 is 0 Å². The highest BCUT2D eigenvalue weighted by molar-refractivity contribution is 5.29. The lowest BCUT2D eigenvalue weighted by Crippen LogP contribution is -2.24. The highest BCUT2D eigenvalue weighted by Crippen LogP contribution is 2.10. The van der Waals surface area contributed by atoms with Gasteiger partial charge in [0.2, 0.25) is 5.95 Å². The fourth-order valence-corrected chi connectivity index (χ4v) is 1.98. The normalized spacial score (nSPS) is 12.6. The highest BCUT2D eigenvalue weighted by Gasteiger charge is 2.09. The first-order valence-corrected chi connectivity index (χ1v) is 6.45. The Morgan fingerprint density at radius 1 is 1.47 bits per heavy atom. The van der Waals surface area contributed by atoms with Crippen molar-refractivity contribution < 1.29 is 4.74 Å². The number of aryl methyl sites for hydroxylation is 1. The summed E-state index contributed by atoms with van der Waals surface area (Å²) in [6.07, 6.45) is 5.78. The van der Waals surface area contributed by atoms with Crippen molar-refractivity contribution in [2.24, 2.45) is 0 Å². The summed E-state index contributed by atoms with van der Waals surface area (Å²) in [5.74, 6) is 0.884. The molecule has 19 heavy (non-hydrogen) atoms. The molecule has 104 valence electrons. The first-order chi connectivity index (χ1) is 9.19. The Labute approximate surface area is 113 Å². The van der Waals surface area contributed by atoms with Crippen LogP contribution in [0, 0.1) is 6.92 Å². The molecule has 0 aliphatic carbocycles. The van der Waals surface area contributed by atoms with Crippen LogP contribution in [-0.2, 0) is 17.8 Å². The summed E-state index contributed by atoms with van der Waals surface area (Å²) in [5, 5.41) is 7.62. The second-order valence-corrected chi connectivity index (χ2v) is 4.67. The van der Waals surface area contributed by atoms with E-state index in [-0.39, 0.29) is 6.04 Å². The molecule has 0 bridgehead atoms. The second kappa shape index (κ2) is 6.38. The van der Waals surface area contributed by atoms with E-state index in [1.165, 1.54) is 0 Å². The Bertz CT molecular complexity index is 491. The fourth-order valence-electron chi connectivity index (χ4n) is 1.98. The van der Waals surface area contributed by atoms with Gasteiger partial charge in [-0.15, -0.1) is 0 Å². The third-order valence-corrected chi connectivity index (χ3v) is 2.83. The molecule has 0 aromatic carbocycles. The molecule has 0 spiro atoms. The van der Waals surface area contributed by atoms with Crippen LogP contribution in [0.15, 0.2) is 24.7 Å². The molecule has 6 nitrogen and oxygen atoms in total. The van der Waals surface area contributed by atoms with E-state index in [1.807, 2.05) is 30.1 Å². The minimum Gasteiger partial charge on any atom is -0.383 e. The quantitative estimate of drug-likeness (QED) is 0.823. The van der Waals surface area contributed by atoms with Gasteiger partial charge in [0.05, 0.1) is 18.8 Å². The van der Waals surface area contributed by atoms with Gasteiger partial charge in [0.1, 0.15) is 0 Å². The average Bonchev–Trinajstić information content (AvgIpc) is 2.97. The third kappa shape index (κ3) is 3.82. The van der Waals surface area contributed by atoms with Gasteiger partial charge >= 0.3 is 0 Å².